The molecule has 1 atom stereocenters. The molecule has 130 valence electrons. The predicted octanol–water partition coefficient (Wildman–Crippen LogP) is 4.73. The van der Waals surface area contributed by atoms with E-state index in [0.717, 1.165) is 13.0 Å². The number of ether oxygens (including phenoxy) is 1. The summed E-state index contributed by atoms with van der Waals surface area (Å²) in [7, 11) is 0. The number of nitrogens with zero attached hydrogens (tertiary/aromatic N) is 1. The van der Waals surface area contributed by atoms with Gasteiger partial charge in [0.05, 0.1) is 3.79 Å². The van der Waals surface area contributed by atoms with Crippen molar-refractivity contribution in [3.05, 3.63) is 20.3 Å². The minimum absolute atomic E-state index is 0.232. The first-order valence-corrected chi connectivity index (χ1v) is 9.90. The fourth-order valence-corrected chi connectivity index (χ4v) is 4.63. The van der Waals surface area contributed by atoms with Crippen LogP contribution >= 0.6 is 27.3 Å². The van der Waals surface area contributed by atoms with Crippen LogP contribution in [-0.4, -0.2) is 36.2 Å². The quantitative estimate of drug-likeness (QED) is 0.773. The van der Waals surface area contributed by atoms with Crippen molar-refractivity contribution in [3.63, 3.8) is 0 Å². The van der Waals surface area contributed by atoms with Gasteiger partial charge in [0.25, 0.3) is 0 Å². The second kappa shape index (κ2) is 7.99. The first-order valence-electron chi connectivity index (χ1n) is 8.29. The minimum atomic E-state index is -0.445. The number of hydrogen-bond donors (Lipinski definition) is 1. The van der Waals surface area contributed by atoms with Gasteiger partial charge in [-0.25, -0.2) is 4.79 Å². The molecule has 0 spiro atoms. The number of fused-ring (bicyclic) bond motifs is 1. The molecule has 23 heavy (non-hydrogen) atoms. The number of carbonyl (C=O) groups excluding carboxylic acids is 1. The third-order valence-corrected chi connectivity index (χ3v) is 5.60. The zero-order chi connectivity index (χ0) is 17.0. The first-order chi connectivity index (χ1) is 10.8. The van der Waals surface area contributed by atoms with Gasteiger partial charge in [-0.2, -0.15) is 0 Å². The van der Waals surface area contributed by atoms with Crippen LogP contribution in [0, 0.1) is 0 Å². The highest BCUT2D eigenvalue weighted by Crippen LogP contribution is 2.37. The lowest BCUT2D eigenvalue weighted by Crippen LogP contribution is -2.41. The molecule has 4 nitrogen and oxygen atoms in total. The van der Waals surface area contributed by atoms with Crippen molar-refractivity contribution in [1.82, 2.24) is 10.2 Å². The van der Waals surface area contributed by atoms with Gasteiger partial charge in [-0.1, -0.05) is 0 Å². The summed E-state index contributed by atoms with van der Waals surface area (Å²) in [5, 5.41) is 3.61. The monoisotopic (exact) mass is 402 g/mol. The molecule has 6 heteroatoms. The Morgan fingerprint density at radius 3 is 2.91 bits per heavy atom. The molecule has 0 fully saturated rings. The van der Waals surface area contributed by atoms with Crippen LogP contribution in [0.25, 0.3) is 0 Å². The molecule has 1 heterocycles. The number of aryl methyl sites for hydroxylation is 1. The lowest BCUT2D eigenvalue weighted by molar-refractivity contribution is 0.0260. The topological polar surface area (TPSA) is 41.6 Å². The Hall–Kier alpha value is -0.590. The summed E-state index contributed by atoms with van der Waals surface area (Å²) in [5.74, 6) is 0. The summed E-state index contributed by atoms with van der Waals surface area (Å²) in [5.41, 5.74) is 0.979. The van der Waals surface area contributed by atoms with Gasteiger partial charge in [0.2, 0.25) is 0 Å². The normalized spacial score (nSPS) is 17.7. The molecule has 0 bridgehead atoms. The molecule has 0 radical (unpaired) electrons. The Morgan fingerprint density at radius 2 is 2.26 bits per heavy atom. The molecule has 1 aromatic rings. The van der Waals surface area contributed by atoms with Crippen LogP contribution in [0.15, 0.2) is 9.85 Å². The number of thiophene rings is 1. The van der Waals surface area contributed by atoms with E-state index in [1.54, 1.807) is 4.90 Å². The second-order valence-electron chi connectivity index (χ2n) is 6.89. The lowest BCUT2D eigenvalue weighted by Gasteiger charge is -2.28. The maximum Gasteiger partial charge on any atom is 0.410 e. The smallest absolute Gasteiger partial charge is 0.410 e. The predicted molar refractivity (Wildman–Crippen MR) is 99.2 cm³/mol. The molecule has 1 unspecified atom stereocenters. The van der Waals surface area contributed by atoms with Crippen molar-refractivity contribution in [2.45, 2.75) is 58.6 Å². The van der Waals surface area contributed by atoms with Gasteiger partial charge in [0.1, 0.15) is 5.60 Å². The molecule has 1 aromatic heterocycles. The van der Waals surface area contributed by atoms with E-state index in [-0.39, 0.29) is 6.09 Å². The van der Waals surface area contributed by atoms with Gasteiger partial charge >= 0.3 is 6.09 Å². The van der Waals surface area contributed by atoms with Crippen molar-refractivity contribution >= 4 is 33.4 Å². The fraction of sp³-hybridized carbons (Fsp3) is 0.706. The molecule has 1 N–H and O–H groups in total. The second-order valence-corrected chi connectivity index (χ2v) is 9.40. The number of likely N-dealkylation sites (N-methyl/N-ethyl adjacent to an activating group) is 1. The number of hydrogen-bond acceptors (Lipinski definition) is 4. The molecule has 1 aliphatic rings. The van der Waals surface area contributed by atoms with E-state index in [9.17, 15) is 4.79 Å². The van der Waals surface area contributed by atoms with Crippen LogP contribution in [-0.2, 0) is 11.2 Å². The van der Waals surface area contributed by atoms with E-state index >= 15 is 0 Å². The van der Waals surface area contributed by atoms with Crippen molar-refractivity contribution in [1.29, 1.82) is 0 Å². The van der Waals surface area contributed by atoms with E-state index in [4.69, 9.17) is 4.74 Å². The Kier molecular flexibility index (Phi) is 6.51. The molecular formula is C17H27BrN2O2S. The summed E-state index contributed by atoms with van der Waals surface area (Å²) in [6, 6.07) is 2.64. The molecule has 1 amide bonds. The van der Waals surface area contributed by atoms with Crippen molar-refractivity contribution in [3.8, 4) is 0 Å². The van der Waals surface area contributed by atoms with Crippen molar-refractivity contribution in [2.75, 3.05) is 19.6 Å². The van der Waals surface area contributed by atoms with Crippen LogP contribution in [0.4, 0.5) is 4.79 Å². The molecule has 1 aliphatic carbocycles. The largest absolute Gasteiger partial charge is 0.444 e. The summed E-state index contributed by atoms with van der Waals surface area (Å²) in [6.07, 6.45) is 3.34. The maximum absolute atomic E-state index is 12.1. The zero-order valence-electron chi connectivity index (χ0n) is 14.4. The third kappa shape index (κ3) is 5.47. The van der Waals surface area contributed by atoms with Gasteiger partial charge in [0, 0.05) is 30.6 Å². The van der Waals surface area contributed by atoms with Gasteiger partial charge in [-0.3, -0.25) is 0 Å². The average Bonchev–Trinajstić information content (AvgIpc) is 2.82. The number of rotatable bonds is 5. The van der Waals surface area contributed by atoms with Gasteiger partial charge in [-0.05, 0) is 74.5 Å². The lowest BCUT2D eigenvalue weighted by atomic mass is 9.94. The SMILES string of the molecule is CCN(CCNC1CCCc2sc(Br)cc21)C(=O)OC(C)(C)C. The molecule has 0 aromatic carbocycles. The van der Waals surface area contributed by atoms with Crippen LogP contribution in [0.1, 0.15) is 57.0 Å². The van der Waals surface area contributed by atoms with Crippen LogP contribution in [0.3, 0.4) is 0 Å². The van der Waals surface area contributed by atoms with E-state index in [1.165, 1.54) is 27.1 Å². The highest BCUT2D eigenvalue weighted by molar-refractivity contribution is 9.11. The minimum Gasteiger partial charge on any atom is -0.444 e. The number of carbonyl (C=O) groups is 1. The van der Waals surface area contributed by atoms with Crippen LogP contribution < -0.4 is 5.32 Å². The molecule has 2 rings (SSSR count). The van der Waals surface area contributed by atoms with E-state index < -0.39 is 5.60 Å². The van der Waals surface area contributed by atoms with E-state index in [0.29, 0.717) is 19.1 Å². The zero-order valence-corrected chi connectivity index (χ0v) is 16.8. The molecule has 0 saturated heterocycles. The standard InChI is InChI=1S/C17H27BrN2O2S/c1-5-20(16(21)22-17(2,3)4)10-9-19-13-7-6-8-14-12(13)11-15(18)23-14/h11,13,19H,5-10H2,1-4H3. The number of amides is 1. The van der Waals surface area contributed by atoms with Gasteiger partial charge in [-0.15, -0.1) is 11.3 Å². The Labute approximate surface area is 151 Å². The summed E-state index contributed by atoms with van der Waals surface area (Å²) in [6.45, 7) is 9.79. The van der Waals surface area contributed by atoms with E-state index in [1.807, 2.05) is 39.0 Å². The van der Waals surface area contributed by atoms with Crippen molar-refractivity contribution in [2.24, 2.45) is 0 Å². The van der Waals surface area contributed by atoms with Crippen LogP contribution in [0.5, 0.6) is 0 Å². The number of nitrogens with one attached hydrogen (secondary N) is 1. The Morgan fingerprint density at radius 1 is 1.52 bits per heavy atom. The van der Waals surface area contributed by atoms with Gasteiger partial charge in [0.15, 0.2) is 0 Å². The summed E-state index contributed by atoms with van der Waals surface area (Å²) < 4.78 is 6.66. The third-order valence-electron chi connectivity index (χ3n) is 3.89. The number of halogens is 1. The maximum atomic E-state index is 12.1. The molecule has 0 saturated carbocycles. The van der Waals surface area contributed by atoms with Crippen LogP contribution in [0.2, 0.25) is 0 Å². The summed E-state index contributed by atoms with van der Waals surface area (Å²) in [4.78, 5) is 15.4. The average molecular weight is 403 g/mol. The Balaban J connectivity index is 1.85. The Bertz CT molecular complexity index is 539. The fourth-order valence-electron chi connectivity index (χ4n) is 2.81. The highest BCUT2D eigenvalue weighted by Gasteiger charge is 2.24. The highest BCUT2D eigenvalue weighted by atomic mass is 79.9. The van der Waals surface area contributed by atoms with Crippen molar-refractivity contribution < 1.29 is 9.53 Å². The molecular weight excluding hydrogens is 376 g/mol. The first kappa shape index (κ1) is 18.7. The summed E-state index contributed by atoms with van der Waals surface area (Å²) >= 11 is 5.43. The molecule has 0 aliphatic heterocycles. The van der Waals surface area contributed by atoms with E-state index in [2.05, 4.69) is 27.3 Å². The van der Waals surface area contributed by atoms with Gasteiger partial charge < -0.3 is 15.0 Å².